The van der Waals surface area contributed by atoms with Crippen LogP contribution in [0.15, 0.2) is 78.9 Å². The number of fused-ring (bicyclic) bond motifs is 2. The number of esters is 2. The van der Waals surface area contributed by atoms with Gasteiger partial charge < -0.3 is 24.1 Å². The lowest BCUT2D eigenvalue weighted by Gasteiger charge is -2.32. The molecule has 2 aliphatic carbocycles. The highest BCUT2D eigenvalue weighted by Crippen LogP contribution is 2.49. The summed E-state index contributed by atoms with van der Waals surface area (Å²) in [5, 5.41) is 10.7. The summed E-state index contributed by atoms with van der Waals surface area (Å²) in [5.41, 5.74) is 4.28. The number of carbonyl (C=O) groups excluding carboxylic acids is 2. The molecule has 0 radical (unpaired) electrons. The Hall–Kier alpha value is -3.68. The molecule has 246 valence electrons. The van der Waals surface area contributed by atoms with Crippen LogP contribution in [0.25, 0.3) is 0 Å². The van der Waals surface area contributed by atoms with Gasteiger partial charge in [0, 0.05) is 0 Å². The Morgan fingerprint density at radius 2 is 1.57 bits per heavy atom. The maximum Gasteiger partial charge on any atom is 0.344 e. The van der Waals surface area contributed by atoms with Gasteiger partial charge in [-0.1, -0.05) is 99.0 Å². The Morgan fingerprint density at radius 1 is 0.826 bits per heavy atom. The highest BCUT2D eigenvalue weighted by Gasteiger charge is 2.47. The predicted molar refractivity (Wildman–Crippen MR) is 176 cm³/mol. The van der Waals surface area contributed by atoms with Crippen LogP contribution in [0.5, 0.6) is 5.75 Å². The summed E-state index contributed by atoms with van der Waals surface area (Å²) in [4.78, 5) is 25.4. The summed E-state index contributed by atoms with van der Waals surface area (Å²) >= 11 is 0. The van der Waals surface area contributed by atoms with E-state index in [1.807, 2.05) is 72.8 Å². The molecular weight excluding hydrogens is 580 g/mol. The number of carbonyl (C=O) groups is 2. The molecule has 0 heterocycles. The van der Waals surface area contributed by atoms with Crippen molar-refractivity contribution >= 4 is 11.9 Å². The molecular formula is C39H48O7. The molecule has 3 aromatic carbocycles. The van der Waals surface area contributed by atoms with E-state index in [1.165, 1.54) is 5.56 Å². The fraction of sp³-hybridized carbons (Fsp3) is 0.487. The number of rotatable bonds is 17. The second-order valence-electron chi connectivity index (χ2n) is 12.8. The molecule has 7 nitrogen and oxygen atoms in total. The molecule has 0 saturated heterocycles. The van der Waals surface area contributed by atoms with E-state index < -0.39 is 5.97 Å². The second kappa shape index (κ2) is 17.3. The molecule has 1 fully saturated rings. The third kappa shape index (κ3) is 9.66. The van der Waals surface area contributed by atoms with Gasteiger partial charge in [0.2, 0.25) is 0 Å². The number of aliphatic hydroxyl groups excluding tert-OH is 1. The summed E-state index contributed by atoms with van der Waals surface area (Å²) in [7, 11) is 0. The molecule has 0 aliphatic heterocycles. The average Bonchev–Trinajstić information content (AvgIpc) is 3.40. The molecule has 3 aromatic rings. The summed E-state index contributed by atoms with van der Waals surface area (Å²) in [6.45, 7) is 2.50. The molecule has 0 bridgehead atoms. The zero-order valence-corrected chi connectivity index (χ0v) is 27.0. The van der Waals surface area contributed by atoms with Gasteiger partial charge in [0.25, 0.3) is 0 Å². The van der Waals surface area contributed by atoms with E-state index in [0.29, 0.717) is 30.6 Å². The van der Waals surface area contributed by atoms with Crippen LogP contribution in [0.2, 0.25) is 0 Å². The fourth-order valence-corrected chi connectivity index (χ4v) is 7.15. The van der Waals surface area contributed by atoms with Gasteiger partial charge in [-0.2, -0.15) is 0 Å². The van der Waals surface area contributed by atoms with Gasteiger partial charge in [-0.05, 0) is 84.6 Å². The Balaban J connectivity index is 1.20. The number of unbranched alkanes of at least 4 members (excludes halogenated alkanes) is 2. The van der Waals surface area contributed by atoms with E-state index in [0.717, 1.165) is 68.1 Å². The Bertz CT molecular complexity index is 1380. The molecule has 7 heteroatoms. The SMILES string of the molecule is CCCCC[C@H](O)CC[C@@H]1[C@H]2Cc3cccc(OCC(=O)OCc4ccccc4)c3C[C@H]2C[C@H]1OC(=O)COCc1ccccc1. The molecule has 5 rings (SSSR count). The van der Waals surface area contributed by atoms with Crippen LogP contribution in [0.4, 0.5) is 0 Å². The van der Waals surface area contributed by atoms with Crippen LogP contribution >= 0.6 is 0 Å². The lowest BCUT2D eigenvalue weighted by atomic mass is 9.73. The molecule has 5 atom stereocenters. The normalized spacial score (nSPS) is 20.7. The third-order valence-electron chi connectivity index (χ3n) is 9.50. The minimum absolute atomic E-state index is 0.0916. The van der Waals surface area contributed by atoms with Crippen LogP contribution in [-0.4, -0.2) is 42.5 Å². The highest BCUT2D eigenvalue weighted by atomic mass is 16.6. The summed E-state index contributed by atoms with van der Waals surface area (Å²) < 4.78 is 23.2. The number of hydrogen-bond donors (Lipinski definition) is 1. The quantitative estimate of drug-likeness (QED) is 0.127. The first-order chi connectivity index (χ1) is 22.5. The van der Waals surface area contributed by atoms with Crippen LogP contribution in [0.1, 0.15) is 74.1 Å². The average molecular weight is 629 g/mol. The van der Waals surface area contributed by atoms with Crippen LogP contribution in [-0.2, 0) is 49.9 Å². The van der Waals surface area contributed by atoms with Gasteiger partial charge in [0.1, 0.15) is 25.1 Å². The van der Waals surface area contributed by atoms with E-state index >= 15 is 0 Å². The van der Waals surface area contributed by atoms with E-state index in [-0.39, 0.29) is 43.9 Å². The van der Waals surface area contributed by atoms with E-state index in [2.05, 4.69) is 13.0 Å². The maximum atomic E-state index is 13.0. The van der Waals surface area contributed by atoms with Crippen molar-refractivity contribution in [3.63, 3.8) is 0 Å². The van der Waals surface area contributed by atoms with Gasteiger partial charge in [0.15, 0.2) is 6.61 Å². The first-order valence-corrected chi connectivity index (χ1v) is 16.9. The van der Waals surface area contributed by atoms with E-state index in [9.17, 15) is 14.7 Å². The highest BCUT2D eigenvalue weighted by molar-refractivity contribution is 5.71. The molecule has 1 N–H and O–H groups in total. The maximum absolute atomic E-state index is 13.0. The van der Waals surface area contributed by atoms with Crippen molar-refractivity contribution in [3.05, 3.63) is 101 Å². The van der Waals surface area contributed by atoms with E-state index in [1.54, 1.807) is 0 Å². The molecule has 0 spiro atoms. The van der Waals surface area contributed by atoms with Gasteiger partial charge in [-0.25, -0.2) is 9.59 Å². The molecule has 1 saturated carbocycles. The van der Waals surface area contributed by atoms with Crippen molar-refractivity contribution in [1.82, 2.24) is 0 Å². The number of aliphatic hydroxyl groups is 1. The first kappa shape index (κ1) is 33.7. The van der Waals surface area contributed by atoms with E-state index in [4.69, 9.17) is 18.9 Å². The first-order valence-electron chi connectivity index (χ1n) is 16.9. The monoisotopic (exact) mass is 628 g/mol. The smallest absolute Gasteiger partial charge is 0.344 e. The molecule has 46 heavy (non-hydrogen) atoms. The Morgan fingerprint density at radius 3 is 2.30 bits per heavy atom. The standard InChI is InChI=1S/C39H48O7/c1-2-3-6-17-32(40)19-20-33-34-21-30-16-11-18-36(44-27-38(41)45-25-29-14-9-5-10-15-29)35(30)22-31(34)23-37(33)46-39(42)26-43-24-28-12-7-4-8-13-28/h4-5,7-16,18,31-34,37,40H,2-3,6,17,19-27H2,1H3/t31-,32-,33+,34-,37+/m0/s1. The van der Waals surface area contributed by atoms with Crippen molar-refractivity contribution in [2.24, 2.45) is 17.8 Å². The topological polar surface area (TPSA) is 91.3 Å². The lowest BCUT2D eigenvalue weighted by molar-refractivity contribution is -0.157. The second-order valence-corrected chi connectivity index (χ2v) is 12.8. The fourth-order valence-electron chi connectivity index (χ4n) is 7.15. The summed E-state index contributed by atoms with van der Waals surface area (Å²) in [6, 6.07) is 25.4. The minimum Gasteiger partial charge on any atom is -0.482 e. The summed E-state index contributed by atoms with van der Waals surface area (Å²) in [6.07, 6.45) is 7.46. The van der Waals surface area contributed by atoms with Gasteiger partial charge in [0.05, 0.1) is 12.7 Å². The van der Waals surface area contributed by atoms with Gasteiger partial charge >= 0.3 is 11.9 Å². The van der Waals surface area contributed by atoms with Crippen molar-refractivity contribution in [2.45, 2.75) is 90.1 Å². The lowest BCUT2D eigenvalue weighted by Crippen LogP contribution is -2.30. The Labute approximate surface area is 273 Å². The molecule has 0 aromatic heterocycles. The van der Waals surface area contributed by atoms with Crippen LogP contribution < -0.4 is 4.74 Å². The molecule has 2 aliphatic rings. The largest absolute Gasteiger partial charge is 0.482 e. The number of hydrogen-bond acceptors (Lipinski definition) is 7. The molecule has 0 unspecified atom stereocenters. The zero-order valence-electron chi connectivity index (χ0n) is 27.0. The van der Waals surface area contributed by atoms with Crippen LogP contribution in [0, 0.1) is 17.8 Å². The van der Waals surface area contributed by atoms with Crippen molar-refractivity contribution < 1.29 is 33.6 Å². The van der Waals surface area contributed by atoms with Gasteiger partial charge in [-0.15, -0.1) is 0 Å². The Kier molecular flexibility index (Phi) is 12.7. The van der Waals surface area contributed by atoms with Crippen LogP contribution in [0.3, 0.4) is 0 Å². The number of benzene rings is 3. The zero-order chi connectivity index (χ0) is 32.1. The van der Waals surface area contributed by atoms with Gasteiger partial charge in [-0.3, -0.25) is 0 Å². The summed E-state index contributed by atoms with van der Waals surface area (Å²) in [5.74, 6) is 0.774. The van der Waals surface area contributed by atoms with Crippen molar-refractivity contribution in [2.75, 3.05) is 13.2 Å². The minimum atomic E-state index is -0.407. The number of ether oxygens (including phenoxy) is 4. The van der Waals surface area contributed by atoms with Crippen molar-refractivity contribution in [3.8, 4) is 5.75 Å². The molecule has 0 amide bonds. The van der Waals surface area contributed by atoms with Crippen molar-refractivity contribution in [1.29, 1.82) is 0 Å². The predicted octanol–water partition coefficient (Wildman–Crippen LogP) is 7.01. The third-order valence-corrected chi connectivity index (χ3v) is 9.50.